The highest BCUT2D eigenvalue weighted by atomic mass is 79.9. The van der Waals surface area contributed by atoms with Gasteiger partial charge in [-0.25, -0.2) is 0 Å². The number of carbonyl (C=O) groups excluding carboxylic acids is 1. The van der Waals surface area contributed by atoms with Crippen LogP contribution in [0.15, 0.2) is 24.3 Å². The van der Waals surface area contributed by atoms with Crippen LogP contribution in [0.5, 0.6) is 0 Å². The first kappa shape index (κ1) is 13.2. The highest BCUT2D eigenvalue weighted by Crippen LogP contribution is 2.25. The van der Waals surface area contributed by atoms with E-state index < -0.39 is 5.41 Å². The molecular weight excluding hydrogens is 268 g/mol. The van der Waals surface area contributed by atoms with Gasteiger partial charge in [-0.15, -0.1) is 0 Å². The van der Waals surface area contributed by atoms with Gasteiger partial charge in [-0.1, -0.05) is 40.2 Å². The van der Waals surface area contributed by atoms with Crippen LogP contribution in [0.4, 0.5) is 0 Å². The molecule has 0 radical (unpaired) electrons. The van der Waals surface area contributed by atoms with Crippen LogP contribution >= 0.6 is 15.9 Å². The van der Waals surface area contributed by atoms with Crippen molar-refractivity contribution in [3.05, 3.63) is 35.4 Å². The lowest BCUT2D eigenvalue weighted by molar-refractivity contribution is -0.146. The van der Waals surface area contributed by atoms with Crippen molar-refractivity contribution in [2.45, 2.75) is 25.7 Å². The second kappa shape index (κ2) is 5.48. The van der Waals surface area contributed by atoms with E-state index in [1.165, 1.54) is 12.7 Å². The van der Waals surface area contributed by atoms with Crippen LogP contribution in [-0.2, 0) is 21.4 Å². The highest BCUT2D eigenvalue weighted by Gasteiger charge is 2.30. The van der Waals surface area contributed by atoms with Gasteiger partial charge in [0.1, 0.15) is 0 Å². The number of alkyl halides is 1. The Morgan fingerprint density at radius 1 is 1.31 bits per heavy atom. The maximum atomic E-state index is 11.6. The molecule has 0 atom stereocenters. The molecule has 0 aromatic heterocycles. The average molecular weight is 285 g/mol. The minimum atomic E-state index is -0.582. The molecule has 0 aliphatic heterocycles. The fraction of sp³-hybridized carbons (Fsp3) is 0.462. The normalized spacial score (nSPS) is 11.2. The van der Waals surface area contributed by atoms with Crippen molar-refractivity contribution in [2.24, 2.45) is 0 Å². The van der Waals surface area contributed by atoms with Gasteiger partial charge >= 0.3 is 5.97 Å². The van der Waals surface area contributed by atoms with E-state index in [2.05, 4.69) is 28.1 Å². The number of methoxy groups -OCH3 is 1. The van der Waals surface area contributed by atoms with E-state index in [1.807, 2.05) is 26.0 Å². The van der Waals surface area contributed by atoms with Gasteiger partial charge in [0.05, 0.1) is 12.5 Å². The maximum absolute atomic E-state index is 11.6. The smallest absolute Gasteiger partial charge is 0.315 e. The van der Waals surface area contributed by atoms with Crippen LogP contribution in [0.1, 0.15) is 25.0 Å². The topological polar surface area (TPSA) is 26.3 Å². The summed E-state index contributed by atoms with van der Waals surface area (Å²) >= 11 is 3.40. The SMILES string of the molecule is COC(=O)C(C)(C)c1ccc(CCBr)cc1. The zero-order valence-corrected chi connectivity index (χ0v) is 11.5. The van der Waals surface area contributed by atoms with E-state index in [4.69, 9.17) is 4.74 Å². The number of halogens is 1. The Balaban J connectivity index is 2.92. The van der Waals surface area contributed by atoms with Gasteiger partial charge in [0.15, 0.2) is 0 Å². The summed E-state index contributed by atoms with van der Waals surface area (Å²) in [6.45, 7) is 3.75. The van der Waals surface area contributed by atoms with Crippen molar-refractivity contribution < 1.29 is 9.53 Å². The number of hydrogen-bond acceptors (Lipinski definition) is 2. The van der Waals surface area contributed by atoms with E-state index in [0.29, 0.717) is 0 Å². The third-order valence-corrected chi connectivity index (χ3v) is 3.15. The number of rotatable bonds is 4. The number of hydrogen-bond donors (Lipinski definition) is 0. The molecular formula is C13H17BrO2. The second-order valence-corrected chi connectivity index (χ2v) is 5.05. The van der Waals surface area contributed by atoms with Gasteiger partial charge < -0.3 is 4.74 Å². The zero-order valence-electron chi connectivity index (χ0n) is 9.92. The molecule has 88 valence electrons. The van der Waals surface area contributed by atoms with Gasteiger partial charge in [0.2, 0.25) is 0 Å². The number of carbonyl (C=O) groups is 1. The molecule has 0 amide bonds. The van der Waals surface area contributed by atoms with E-state index in [1.54, 1.807) is 0 Å². The molecule has 0 aliphatic rings. The standard InChI is InChI=1S/C13H17BrO2/c1-13(2,12(15)16-3)11-6-4-10(5-7-11)8-9-14/h4-7H,8-9H2,1-3H3. The van der Waals surface area contributed by atoms with Gasteiger partial charge in [-0.05, 0) is 31.4 Å². The minimum absolute atomic E-state index is 0.208. The Bertz CT molecular complexity index is 355. The summed E-state index contributed by atoms with van der Waals surface area (Å²) in [4.78, 5) is 11.6. The van der Waals surface area contributed by atoms with Crippen LogP contribution in [-0.4, -0.2) is 18.4 Å². The quantitative estimate of drug-likeness (QED) is 0.627. The summed E-state index contributed by atoms with van der Waals surface area (Å²) in [6.07, 6.45) is 0.999. The van der Waals surface area contributed by atoms with Gasteiger partial charge in [-0.2, -0.15) is 0 Å². The monoisotopic (exact) mass is 284 g/mol. The van der Waals surface area contributed by atoms with Crippen LogP contribution in [0.3, 0.4) is 0 Å². The Hall–Kier alpha value is -0.830. The third-order valence-electron chi connectivity index (χ3n) is 2.75. The first-order chi connectivity index (χ1) is 7.52. The Morgan fingerprint density at radius 2 is 1.88 bits per heavy atom. The number of ether oxygens (including phenoxy) is 1. The van der Waals surface area contributed by atoms with E-state index in [-0.39, 0.29) is 5.97 Å². The Morgan fingerprint density at radius 3 is 2.31 bits per heavy atom. The van der Waals surface area contributed by atoms with E-state index >= 15 is 0 Å². The zero-order chi connectivity index (χ0) is 12.2. The molecule has 0 heterocycles. The van der Waals surface area contributed by atoms with E-state index in [0.717, 1.165) is 17.3 Å². The molecule has 0 saturated carbocycles. The summed E-state index contributed by atoms with van der Waals surface area (Å²) in [5, 5.41) is 0.951. The molecule has 0 unspecified atom stereocenters. The fourth-order valence-electron chi connectivity index (χ4n) is 1.57. The van der Waals surface area contributed by atoms with Crippen molar-refractivity contribution in [1.29, 1.82) is 0 Å². The van der Waals surface area contributed by atoms with Gasteiger partial charge in [-0.3, -0.25) is 4.79 Å². The Labute approximate surface area is 105 Å². The van der Waals surface area contributed by atoms with Gasteiger partial charge in [0.25, 0.3) is 0 Å². The highest BCUT2D eigenvalue weighted by molar-refractivity contribution is 9.09. The first-order valence-corrected chi connectivity index (χ1v) is 6.38. The van der Waals surface area contributed by atoms with Crippen molar-refractivity contribution in [2.75, 3.05) is 12.4 Å². The fourth-order valence-corrected chi connectivity index (χ4v) is 2.03. The molecule has 0 spiro atoms. The lowest BCUT2D eigenvalue weighted by Crippen LogP contribution is -2.30. The molecule has 3 heteroatoms. The molecule has 0 aliphatic carbocycles. The Kier molecular flexibility index (Phi) is 4.54. The minimum Gasteiger partial charge on any atom is -0.468 e. The van der Waals surface area contributed by atoms with Crippen LogP contribution < -0.4 is 0 Å². The number of benzene rings is 1. The number of aryl methyl sites for hydroxylation is 1. The third kappa shape index (κ3) is 2.85. The summed E-state index contributed by atoms with van der Waals surface area (Å²) < 4.78 is 4.80. The predicted molar refractivity (Wildman–Crippen MR) is 69.0 cm³/mol. The molecule has 1 rings (SSSR count). The summed E-state index contributed by atoms with van der Waals surface area (Å²) in [6, 6.07) is 8.10. The van der Waals surface area contributed by atoms with Crippen LogP contribution in [0.25, 0.3) is 0 Å². The summed E-state index contributed by atoms with van der Waals surface area (Å²) in [5.74, 6) is -0.208. The van der Waals surface area contributed by atoms with Crippen molar-refractivity contribution in [3.8, 4) is 0 Å². The van der Waals surface area contributed by atoms with Crippen molar-refractivity contribution >= 4 is 21.9 Å². The van der Waals surface area contributed by atoms with Crippen LogP contribution in [0, 0.1) is 0 Å². The molecule has 1 aromatic carbocycles. The molecule has 0 N–H and O–H groups in total. The lowest BCUT2D eigenvalue weighted by atomic mass is 9.84. The molecule has 0 bridgehead atoms. The largest absolute Gasteiger partial charge is 0.468 e. The van der Waals surface area contributed by atoms with Crippen molar-refractivity contribution in [1.82, 2.24) is 0 Å². The first-order valence-electron chi connectivity index (χ1n) is 5.26. The van der Waals surface area contributed by atoms with Crippen LogP contribution in [0.2, 0.25) is 0 Å². The maximum Gasteiger partial charge on any atom is 0.315 e. The number of esters is 1. The van der Waals surface area contributed by atoms with Crippen molar-refractivity contribution in [3.63, 3.8) is 0 Å². The van der Waals surface area contributed by atoms with E-state index in [9.17, 15) is 4.79 Å². The summed E-state index contributed by atoms with van der Waals surface area (Å²) in [7, 11) is 1.42. The molecule has 2 nitrogen and oxygen atoms in total. The van der Waals surface area contributed by atoms with Gasteiger partial charge in [0, 0.05) is 5.33 Å². The average Bonchev–Trinajstić information content (AvgIpc) is 2.29. The molecule has 16 heavy (non-hydrogen) atoms. The summed E-state index contributed by atoms with van der Waals surface area (Å²) in [5.41, 5.74) is 1.67. The second-order valence-electron chi connectivity index (χ2n) is 4.25. The molecule has 0 saturated heterocycles. The lowest BCUT2D eigenvalue weighted by Gasteiger charge is -2.22. The molecule has 0 fully saturated rings. The predicted octanol–water partition coefficient (Wildman–Crippen LogP) is 3.07. The molecule has 1 aromatic rings.